The summed E-state index contributed by atoms with van der Waals surface area (Å²) in [6.07, 6.45) is 7.16. The van der Waals surface area contributed by atoms with Gasteiger partial charge in [-0.25, -0.2) is 4.99 Å². The zero-order valence-corrected chi connectivity index (χ0v) is 20.0. The third kappa shape index (κ3) is 4.10. The summed E-state index contributed by atoms with van der Waals surface area (Å²) in [6, 6.07) is 0. The van der Waals surface area contributed by atoms with E-state index in [1.54, 1.807) is 11.5 Å². The average molecular weight is 420 g/mol. The topological polar surface area (TPSA) is 56.0 Å². The molecule has 1 fully saturated rings. The van der Waals surface area contributed by atoms with E-state index in [1.807, 2.05) is 0 Å². The normalized spacial score (nSPS) is 27.2. The Balaban J connectivity index is 1.93. The number of aliphatic imine (C=N–C) groups is 1. The molecule has 0 spiro atoms. The quantitative estimate of drug-likeness (QED) is 0.678. The molecular formula is C23H37N3O2S. The summed E-state index contributed by atoms with van der Waals surface area (Å²) in [5.74, 6) is 0.740. The Morgan fingerprint density at radius 2 is 2.10 bits per heavy atom. The van der Waals surface area contributed by atoms with Gasteiger partial charge in [-0.1, -0.05) is 34.1 Å². The van der Waals surface area contributed by atoms with E-state index in [2.05, 4.69) is 63.6 Å². The summed E-state index contributed by atoms with van der Waals surface area (Å²) >= 11 is 1.61. The molecule has 1 saturated carbocycles. The van der Waals surface area contributed by atoms with Gasteiger partial charge in [-0.15, -0.1) is 0 Å². The van der Waals surface area contributed by atoms with E-state index in [0.29, 0.717) is 6.61 Å². The maximum Gasteiger partial charge on any atom is 0.250 e. The third-order valence-corrected chi connectivity index (χ3v) is 8.36. The highest BCUT2D eigenvalue weighted by molar-refractivity contribution is 7.04. The van der Waals surface area contributed by atoms with E-state index in [4.69, 9.17) is 9.73 Å². The van der Waals surface area contributed by atoms with Crippen LogP contribution in [0.15, 0.2) is 16.2 Å². The molecule has 3 rings (SSSR count). The molecule has 0 aromatic carbocycles. The first kappa shape index (κ1) is 22.3. The summed E-state index contributed by atoms with van der Waals surface area (Å²) in [5.41, 5.74) is 0.746. The molecule has 1 aliphatic carbocycles. The number of hydrogen-bond acceptors (Lipinski definition) is 4. The second-order valence-electron chi connectivity index (χ2n) is 10.3. The summed E-state index contributed by atoms with van der Waals surface area (Å²) in [6.45, 7) is 16.7. The fourth-order valence-corrected chi connectivity index (χ4v) is 5.54. The molecule has 0 unspecified atom stereocenters. The van der Waals surface area contributed by atoms with E-state index in [0.717, 1.165) is 49.2 Å². The predicted octanol–water partition coefficient (Wildman–Crippen LogP) is 4.95. The van der Waals surface area contributed by atoms with Crippen LogP contribution in [0.5, 0.6) is 0 Å². The monoisotopic (exact) mass is 419 g/mol. The lowest BCUT2D eigenvalue weighted by Crippen LogP contribution is -2.42. The minimum Gasteiger partial charge on any atom is -0.479 e. The molecule has 2 aliphatic rings. The zero-order chi connectivity index (χ0) is 21.4. The number of ether oxygens (including phenoxy) is 1. The first-order valence-corrected chi connectivity index (χ1v) is 11.8. The number of aryl methyl sites for hydroxylation is 1. The lowest BCUT2D eigenvalue weighted by atomic mass is 9.65. The van der Waals surface area contributed by atoms with Crippen LogP contribution in [0.4, 0.5) is 0 Å². The molecule has 0 bridgehead atoms. The first-order chi connectivity index (χ1) is 13.5. The van der Waals surface area contributed by atoms with E-state index in [-0.39, 0.29) is 28.2 Å². The number of amides is 1. The van der Waals surface area contributed by atoms with Crippen molar-refractivity contribution in [3.63, 3.8) is 0 Å². The molecule has 29 heavy (non-hydrogen) atoms. The van der Waals surface area contributed by atoms with Crippen LogP contribution < -0.4 is 4.67 Å². The first-order valence-electron chi connectivity index (χ1n) is 11.0. The van der Waals surface area contributed by atoms with Crippen LogP contribution in [0.1, 0.15) is 79.7 Å². The van der Waals surface area contributed by atoms with Crippen molar-refractivity contribution in [3.05, 3.63) is 16.4 Å². The minimum absolute atomic E-state index is 0.00833. The number of nitrogens with zero attached hydrogens (tertiary/aromatic N) is 3. The largest absolute Gasteiger partial charge is 0.479 e. The summed E-state index contributed by atoms with van der Waals surface area (Å²) in [7, 11) is 0. The van der Waals surface area contributed by atoms with Gasteiger partial charge in [0, 0.05) is 28.6 Å². The molecule has 5 nitrogen and oxygen atoms in total. The number of unbranched alkanes of at least 4 members (excludes halogenated alkanes) is 1. The van der Waals surface area contributed by atoms with Gasteiger partial charge in [0.15, 0.2) is 5.90 Å². The molecule has 0 radical (unpaired) electrons. The van der Waals surface area contributed by atoms with Crippen LogP contribution >= 0.6 is 11.5 Å². The second kappa shape index (κ2) is 8.01. The van der Waals surface area contributed by atoms with Gasteiger partial charge in [0.05, 0.1) is 6.54 Å². The molecule has 6 heteroatoms. The van der Waals surface area contributed by atoms with Gasteiger partial charge >= 0.3 is 0 Å². The van der Waals surface area contributed by atoms with Crippen molar-refractivity contribution in [2.45, 2.75) is 86.1 Å². The third-order valence-electron chi connectivity index (χ3n) is 6.99. The molecule has 0 saturated heterocycles. The molecule has 1 amide bonds. The zero-order valence-electron chi connectivity index (χ0n) is 19.2. The van der Waals surface area contributed by atoms with Gasteiger partial charge in [0.25, 0.3) is 5.91 Å². The summed E-state index contributed by atoms with van der Waals surface area (Å²) in [5, 5.41) is 0. The van der Waals surface area contributed by atoms with Gasteiger partial charge < -0.3 is 4.74 Å². The van der Waals surface area contributed by atoms with Crippen LogP contribution in [-0.2, 0) is 21.5 Å². The molecule has 1 aromatic heterocycles. The molecular weight excluding hydrogens is 382 g/mol. The van der Waals surface area contributed by atoms with Crippen LogP contribution in [0, 0.1) is 16.7 Å². The van der Waals surface area contributed by atoms with E-state index in [9.17, 15) is 4.79 Å². The highest BCUT2D eigenvalue weighted by atomic mass is 32.1. The van der Waals surface area contributed by atoms with Crippen LogP contribution in [0.25, 0.3) is 0 Å². The Morgan fingerprint density at radius 3 is 2.69 bits per heavy atom. The van der Waals surface area contributed by atoms with Gasteiger partial charge in [-0.3, -0.25) is 13.7 Å². The SMILES string of the molecule is CCCCc1cn(C(C)(C)C)sc1=NC(=O)[C@@H]1CC[C@](C)(C2=NCCO2)C1(C)C. The predicted molar refractivity (Wildman–Crippen MR) is 119 cm³/mol. The van der Waals surface area contributed by atoms with Gasteiger partial charge in [0.1, 0.15) is 11.3 Å². The lowest BCUT2D eigenvalue weighted by Gasteiger charge is -2.39. The Hall–Kier alpha value is -1.43. The van der Waals surface area contributed by atoms with Crippen molar-refractivity contribution in [2.75, 3.05) is 13.2 Å². The van der Waals surface area contributed by atoms with E-state index >= 15 is 0 Å². The number of carbonyl (C=O) groups is 1. The fraction of sp³-hybridized carbons (Fsp3) is 0.783. The molecule has 0 N–H and O–H groups in total. The Kier molecular flexibility index (Phi) is 6.15. The van der Waals surface area contributed by atoms with Crippen molar-refractivity contribution < 1.29 is 9.53 Å². The van der Waals surface area contributed by atoms with Gasteiger partial charge in [-0.2, -0.15) is 0 Å². The van der Waals surface area contributed by atoms with Crippen molar-refractivity contribution in [1.82, 2.24) is 3.96 Å². The Bertz CT molecular complexity index is 856. The minimum atomic E-state index is -0.238. The van der Waals surface area contributed by atoms with Gasteiger partial charge in [0.2, 0.25) is 0 Å². The maximum atomic E-state index is 13.4. The standard InChI is InChI=1S/C23H37N3O2S/c1-8-9-10-16-15-26(21(2,3)4)29-19(16)25-18(27)17-11-12-23(7,22(17,5)6)20-24-13-14-28-20/h15,17H,8-14H2,1-7H3/t17-,23+/m0/s1. The number of rotatable bonds is 5. The molecule has 2 heterocycles. The smallest absolute Gasteiger partial charge is 0.250 e. The number of carbonyl (C=O) groups excluding carboxylic acids is 1. The summed E-state index contributed by atoms with van der Waals surface area (Å²) < 4.78 is 8.95. The van der Waals surface area contributed by atoms with E-state index in [1.165, 1.54) is 5.56 Å². The van der Waals surface area contributed by atoms with Gasteiger partial charge in [-0.05, 0) is 63.4 Å². The van der Waals surface area contributed by atoms with Crippen molar-refractivity contribution in [3.8, 4) is 0 Å². The average Bonchev–Trinajstić information content (AvgIpc) is 3.33. The summed E-state index contributed by atoms with van der Waals surface area (Å²) in [4.78, 5) is 22.7. The lowest BCUT2D eigenvalue weighted by molar-refractivity contribution is -0.125. The van der Waals surface area contributed by atoms with Crippen LogP contribution in [0.3, 0.4) is 0 Å². The van der Waals surface area contributed by atoms with Crippen molar-refractivity contribution in [1.29, 1.82) is 0 Å². The maximum absolute atomic E-state index is 13.4. The van der Waals surface area contributed by atoms with E-state index < -0.39 is 0 Å². The molecule has 2 atom stereocenters. The second-order valence-corrected chi connectivity index (χ2v) is 11.2. The van der Waals surface area contributed by atoms with Crippen molar-refractivity contribution in [2.24, 2.45) is 26.7 Å². The molecule has 1 aliphatic heterocycles. The Morgan fingerprint density at radius 1 is 1.38 bits per heavy atom. The Labute approximate surface area is 179 Å². The highest BCUT2D eigenvalue weighted by Gasteiger charge is 2.58. The van der Waals surface area contributed by atoms with Crippen molar-refractivity contribution >= 4 is 23.3 Å². The van der Waals surface area contributed by atoms with Crippen LogP contribution in [0.2, 0.25) is 0 Å². The molecule has 162 valence electrons. The number of aromatic nitrogens is 1. The van der Waals surface area contributed by atoms with Crippen LogP contribution in [-0.4, -0.2) is 28.9 Å². The molecule has 1 aromatic rings. The number of hydrogen-bond donors (Lipinski definition) is 0. The highest BCUT2D eigenvalue weighted by Crippen LogP contribution is 2.57. The fourth-order valence-electron chi connectivity index (χ4n) is 4.50.